The lowest BCUT2D eigenvalue weighted by molar-refractivity contribution is 0.0893. The fourth-order valence-corrected chi connectivity index (χ4v) is 1.56. The standard InChI is InChI=1S/C12H12O2/c13-11-6-8-12(14,9-7-11)10-4-2-1-3-5-10/h1-8,13-14H,9H2. The summed E-state index contributed by atoms with van der Waals surface area (Å²) >= 11 is 0. The third kappa shape index (κ3) is 1.56. The molecule has 0 fully saturated rings. The monoisotopic (exact) mass is 188 g/mol. The molecule has 1 aromatic carbocycles. The zero-order valence-electron chi connectivity index (χ0n) is 7.72. The van der Waals surface area contributed by atoms with E-state index >= 15 is 0 Å². The largest absolute Gasteiger partial charge is 0.508 e. The van der Waals surface area contributed by atoms with Crippen molar-refractivity contribution >= 4 is 0 Å². The highest BCUT2D eigenvalue weighted by molar-refractivity contribution is 5.33. The summed E-state index contributed by atoms with van der Waals surface area (Å²) in [5, 5.41) is 19.4. The van der Waals surface area contributed by atoms with Crippen LogP contribution in [0.25, 0.3) is 0 Å². The van der Waals surface area contributed by atoms with Crippen molar-refractivity contribution < 1.29 is 10.2 Å². The van der Waals surface area contributed by atoms with Gasteiger partial charge in [-0.1, -0.05) is 30.3 Å². The van der Waals surface area contributed by atoms with Gasteiger partial charge in [-0.05, 0) is 23.8 Å². The summed E-state index contributed by atoms with van der Waals surface area (Å²) < 4.78 is 0. The Bertz CT molecular complexity index is 379. The van der Waals surface area contributed by atoms with Crippen LogP contribution in [-0.2, 0) is 5.60 Å². The van der Waals surface area contributed by atoms with Crippen molar-refractivity contribution in [2.24, 2.45) is 0 Å². The zero-order valence-corrected chi connectivity index (χ0v) is 7.72. The Morgan fingerprint density at radius 1 is 1.14 bits per heavy atom. The van der Waals surface area contributed by atoms with Gasteiger partial charge in [-0.2, -0.15) is 0 Å². The number of allylic oxidation sites excluding steroid dienone is 1. The topological polar surface area (TPSA) is 40.5 Å². The van der Waals surface area contributed by atoms with Crippen LogP contribution in [0.4, 0.5) is 0 Å². The molecule has 0 spiro atoms. The van der Waals surface area contributed by atoms with Crippen molar-refractivity contribution in [3.8, 4) is 0 Å². The smallest absolute Gasteiger partial charge is 0.112 e. The maximum Gasteiger partial charge on any atom is 0.112 e. The highest BCUT2D eigenvalue weighted by atomic mass is 16.3. The van der Waals surface area contributed by atoms with Gasteiger partial charge in [-0.15, -0.1) is 0 Å². The number of aliphatic hydroxyl groups is 2. The first-order valence-corrected chi connectivity index (χ1v) is 4.57. The van der Waals surface area contributed by atoms with Crippen molar-refractivity contribution in [2.45, 2.75) is 12.0 Å². The molecule has 2 nitrogen and oxygen atoms in total. The van der Waals surface area contributed by atoms with E-state index in [-0.39, 0.29) is 5.76 Å². The summed E-state index contributed by atoms with van der Waals surface area (Å²) in [4.78, 5) is 0. The Hall–Kier alpha value is -1.54. The predicted octanol–water partition coefficient (Wildman–Crippen LogP) is 2.28. The van der Waals surface area contributed by atoms with Gasteiger partial charge in [0.05, 0.1) is 0 Å². The van der Waals surface area contributed by atoms with Gasteiger partial charge in [-0.3, -0.25) is 0 Å². The highest BCUT2D eigenvalue weighted by Gasteiger charge is 2.26. The first-order valence-electron chi connectivity index (χ1n) is 4.57. The molecule has 1 aromatic rings. The fourth-order valence-electron chi connectivity index (χ4n) is 1.56. The molecule has 1 unspecified atom stereocenters. The molecular formula is C12H12O2. The number of hydrogen-bond donors (Lipinski definition) is 2. The molecule has 2 rings (SSSR count). The Labute approximate surface area is 82.8 Å². The lowest BCUT2D eigenvalue weighted by Crippen LogP contribution is -2.23. The molecule has 2 heteroatoms. The molecule has 0 saturated carbocycles. The quantitative estimate of drug-likeness (QED) is 0.709. The Morgan fingerprint density at radius 3 is 2.43 bits per heavy atom. The predicted molar refractivity (Wildman–Crippen MR) is 54.8 cm³/mol. The molecule has 1 atom stereocenters. The number of aliphatic hydroxyl groups excluding tert-OH is 1. The third-order valence-electron chi connectivity index (χ3n) is 2.43. The molecule has 0 saturated heterocycles. The Balaban J connectivity index is 2.32. The normalized spacial score (nSPS) is 25.9. The average Bonchev–Trinajstić information content (AvgIpc) is 2.24. The van der Waals surface area contributed by atoms with Gasteiger partial charge < -0.3 is 10.2 Å². The molecule has 14 heavy (non-hydrogen) atoms. The van der Waals surface area contributed by atoms with E-state index in [0.717, 1.165) is 5.56 Å². The van der Waals surface area contributed by atoms with Crippen molar-refractivity contribution in [1.82, 2.24) is 0 Å². The molecule has 0 heterocycles. The summed E-state index contributed by atoms with van der Waals surface area (Å²) in [5.41, 5.74) is -0.118. The minimum Gasteiger partial charge on any atom is -0.508 e. The minimum atomic E-state index is -0.965. The van der Waals surface area contributed by atoms with Crippen LogP contribution in [0.1, 0.15) is 12.0 Å². The SMILES string of the molecule is OC1=CCC(O)(c2ccccc2)C=C1. The van der Waals surface area contributed by atoms with Crippen LogP contribution < -0.4 is 0 Å². The summed E-state index contributed by atoms with van der Waals surface area (Å²) in [6, 6.07) is 9.44. The van der Waals surface area contributed by atoms with Gasteiger partial charge in [-0.25, -0.2) is 0 Å². The molecule has 2 N–H and O–H groups in total. The van der Waals surface area contributed by atoms with E-state index in [1.165, 1.54) is 6.08 Å². The van der Waals surface area contributed by atoms with Gasteiger partial charge >= 0.3 is 0 Å². The van der Waals surface area contributed by atoms with E-state index in [1.807, 2.05) is 30.3 Å². The van der Waals surface area contributed by atoms with Gasteiger partial charge in [0.15, 0.2) is 0 Å². The summed E-state index contributed by atoms with van der Waals surface area (Å²) in [6.45, 7) is 0. The zero-order chi connectivity index (χ0) is 10.0. The van der Waals surface area contributed by atoms with Crippen molar-refractivity contribution in [1.29, 1.82) is 0 Å². The third-order valence-corrected chi connectivity index (χ3v) is 2.43. The summed E-state index contributed by atoms with van der Waals surface area (Å²) in [5.74, 6) is 0.214. The molecular weight excluding hydrogens is 176 g/mol. The molecule has 1 aliphatic rings. The van der Waals surface area contributed by atoms with Crippen LogP contribution in [0.15, 0.2) is 54.3 Å². The second kappa shape index (κ2) is 3.31. The lowest BCUT2D eigenvalue weighted by Gasteiger charge is -2.25. The Kier molecular flexibility index (Phi) is 2.14. The molecule has 0 aliphatic heterocycles. The van der Waals surface area contributed by atoms with E-state index in [0.29, 0.717) is 6.42 Å². The molecule has 0 amide bonds. The van der Waals surface area contributed by atoms with Crippen molar-refractivity contribution in [3.63, 3.8) is 0 Å². The van der Waals surface area contributed by atoms with Gasteiger partial charge in [0.2, 0.25) is 0 Å². The first-order chi connectivity index (χ1) is 6.71. The van der Waals surface area contributed by atoms with Crippen molar-refractivity contribution in [2.75, 3.05) is 0 Å². The van der Waals surface area contributed by atoms with Gasteiger partial charge in [0.1, 0.15) is 11.4 Å². The van der Waals surface area contributed by atoms with Gasteiger partial charge in [0, 0.05) is 6.42 Å². The minimum absolute atomic E-state index is 0.214. The average molecular weight is 188 g/mol. The van der Waals surface area contributed by atoms with Crippen LogP contribution in [0.5, 0.6) is 0 Å². The fraction of sp³-hybridized carbons (Fsp3) is 0.167. The number of hydrogen-bond acceptors (Lipinski definition) is 2. The number of benzene rings is 1. The van der Waals surface area contributed by atoms with E-state index < -0.39 is 5.60 Å². The van der Waals surface area contributed by atoms with Crippen LogP contribution in [-0.4, -0.2) is 10.2 Å². The Morgan fingerprint density at radius 2 is 1.86 bits per heavy atom. The van der Waals surface area contributed by atoms with E-state index in [9.17, 15) is 5.11 Å². The maximum atomic E-state index is 10.2. The molecule has 1 aliphatic carbocycles. The van der Waals surface area contributed by atoms with E-state index in [2.05, 4.69) is 0 Å². The summed E-state index contributed by atoms with van der Waals surface area (Å²) in [7, 11) is 0. The summed E-state index contributed by atoms with van der Waals surface area (Å²) in [6.07, 6.45) is 5.18. The molecule has 0 aromatic heterocycles. The van der Waals surface area contributed by atoms with Gasteiger partial charge in [0.25, 0.3) is 0 Å². The van der Waals surface area contributed by atoms with Crippen LogP contribution >= 0.6 is 0 Å². The van der Waals surface area contributed by atoms with Crippen LogP contribution in [0, 0.1) is 0 Å². The first kappa shape index (κ1) is 9.03. The second-order valence-electron chi connectivity index (χ2n) is 3.46. The highest BCUT2D eigenvalue weighted by Crippen LogP contribution is 2.30. The number of rotatable bonds is 1. The van der Waals surface area contributed by atoms with E-state index in [4.69, 9.17) is 5.11 Å². The molecule has 72 valence electrons. The lowest BCUT2D eigenvalue weighted by atomic mass is 9.87. The van der Waals surface area contributed by atoms with Crippen molar-refractivity contribution in [3.05, 3.63) is 59.9 Å². The van der Waals surface area contributed by atoms with Crippen LogP contribution in [0.3, 0.4) is 0 Å². The maximum absolute atomic E-state index is 10.2. The second-order valence-corrected chi connectivity index (χ2v) is 3.46. The molecule has 0 bridgehead atoms. The van der Waals surface area contributed by atoms with E-state index in [1.54, 1.807) is 12.2 Å². The molecule has 0 radical (unpaired) electrons. The van der Waals surface area contributed by atoms with Crippen LogP contribution in [0.2, 0.25) is 0 Å².